The Kier molecular flexibility index (Phi) is 4.31. The maximum absolute atomic E-state index is 12.0. The molecule has 1 amide bonds. The third-order valence-electron chi connectivity index (χ3n) is 2.55. The van der Waals surface area contributed by atoms with Crippen LogP contribution >= 0.6 is 0 Å². The van der Waals surface area contributed by atoms with Gasteiger partial charge in [0.1, 0.15) is 12.3 Å². The lowest BCUT2D eigenvalue weighted by Crippen LogP contribution is -2.35. The van der Waals surface area contributed by atoms with Crippen LogP contribution < -0.4 is 0 Å². The van der Waals surface area contributed by atoms with E-state index in [0.717, 1.165) is 11.3 Å². The molecule has 0 saturated carbocycles. The van der Waals surface area contributed by atoms with Gasteiger partial charge in [0, 0.05) is 13.0 Å². The van der Waals surface area contributed by atoms with Crippen molar-refractivity contribution in [2.45, 2.75) is 27.2 Å². The smallest absolute Gasteiger partial charge is 0.323 e. The summed E-state index contributed by atoms with van der Waals surface area (Å²) in [4.78, 5) is 23.8. The van der Waals surface area contributed by atoms with Crippen LogP contribution in [0, 0.1) is 6.92 Å². The van der Waals surface area contributed by atoms with Crippen LogP contribution in [-0.2, 0) is 11.2 Å². The number of hydrogen-bond donors (Lipinski definition) is 1. The van der Waals surface area contributed by atoms with E-state index in [1.54, 1.807) is 13.0 Å². The number of aryl methyl sites for hydroxylation is 2. The summed E-state index contributed by atoms with van der Waals surface area (Å²) in [6.45, 7) is 5.57. The third kappa shape index (κ3) is 3.09. The number of carbonyl (C=O) groups is 2. The highest BCUT2D eigenvalue weighted by Gasteiger charge is 2.21. The monoisotopic (exact) mass is 239 g/mol. The van der Waals surface area contributed by atoms with Crippen molar-refractivity contribution in [3.63, 3.8) is 0 Å². The first-order valence-electron chi connectivity index (χ1n) is 5.59. The molecule has 5 nitrogen and oxygen atoms in total. The van der Waals surface area contributed by atoms with E-state index in [1.165, 1.54) is 4.90 Å². The lowest BCUT2D eigenvalue weighted by molar-refractivity contribution is -0.137. The van der Waals surface area contributed by atoms with Crippen LogP contribution in [0.4, 0.5) is 0 Å². The maximum atomic E-state index is 12.0. The molecule has 5 heteroatoms. The molecule has 0 spiro atoms. The molecule has 17 heavy (non-hydrogen) atoms. The normalized spacial score (nSPS) is 10.3. The summed E-state index contributed by atoms with van der Waals surface area (Å²) in [7, 11) is 0. The second-order valence-corrected chi connectivity index (χ2v) is 3.78. The van der Waals surface area contributed by atoms with Gasteiger partial charge in [0.2, 0.25) is 0 Å². The van der Waals surface area contributed by atoms with Crippen LogP contribution in [0.2, 0.25) is 0 Å². The fourth-order valence-electron chi connectivity index (χ4n) is 1.62. The van der Waals surface area contributed by atoms with Gasteiger partial charge in [-0.15, -0.1) is 0 Å². The van der Waals surface area contributed by atoms with Crippen LogP contribution in [0.1, 0.15) is 35.7 Å². The molecule has 1 rings (SSSR count). The van der Waals surface area contributed by atoms with Crippen LogP contribution in [0.3, 0.4) is 0 Å². The van der Waals surface area contributed by atoms with Crippen LogP contribution in [0.25, 0.3) is 0 Å². The summed E-state index contributed by atoms with van der Waals surface area (Å²) in [6.07, 6.45) is 0.712. The number of carboxylic acid groups (broad SMARTS) is 1. The van der Waals surface area contributed by atoms with Gasteiger partial charge in [-0.3, -0.25) is 9.59 Å². The molecule has 1 aromatic heterocycles. The highest BCUT2D eigenvalue weighted by atomic mass is 16.4. The van der Waals surface area contributed by atoms with Crippen LogP contribution in [-0.4, -0.2) is 35.0 Å². The summed E-state index contributed by atoms with van der Waals surface area (Å²) < 4.78 is 5.41. The largest absolute Gasteiger partial charge is 0.480 e. The number of aliphatic carboxylic acids is 1. The fourth-order valence-corrected chi connectivity index (χ4v) is 1.62. The molecule has 0 aliphatic heterocycles. The minimum atomic E-state index is -1.03. The van der Waals surface area contributed by atoms with Crippen molar-refractivity contribution in [3.05, 3.63) is 23.2 Å². The van der Waals surface area contributed by atoms with E-state index >= 15 is 0 Å². The van der Waals surface area contributed by atoms with Gasteiger partial charge < -0.3 is 14.4 Å². The average molecular weight is 239 g/mol. The number of furan rings is 1. The van der Waals surface area contributed by atoms with Crippen molar-refractivity contribution < 1.29 is 19.1 Å². The highest BCUT2D eigenvalue weighted by molar-refractivity contribution is 5.93. The van der Waals surface area contributed by atoms with E-state index in [-0.39, 0.29) is 18.2 Å². The molecule has 0 saturated heterocycles. The minimum Gasteiger partial charge on any atom is -0.480 e. The van der Waals surface area contributed by atoms with Gasteiger partial charge in [-0.1, -0.05) is 6.92 Å². The predicted molar refractivity (Wildman–Crippen MR) is 62.0 cm³/mol. The number of nitrogens with zero attached hydrogens (tertiary/aromatic N) is 1. The van der Waals surface area contributed by atoms with E-state index in [1.807, 2.05) is 13.8 Å². The summed E-state index contributed by atoms with van der Waals surface area (Å²) >= 11 is 0. The lowest BCUT2D eigenvalue weighted by atomic mass is 10.2. The molecule has 0 atom stereocenters. The number of rotatable bonds is 5. The molecule has 1 N–H and O–H groups in total. The first kappa shape index (κ1) is 13.3. The Morgan fingerprint density at radius 2 is 2.06 bits per heavy atom. The topological polar surface area (TPSA) is 70.8 Å². The van der Waals surface area contributed by atoms with E-state index < -0.39 is 5.97 Å². The summed E-state index contributed by atoms with van der Waals surface area (Å²) in [5.74, 6) is -0.431. The van der Waals surface area contributed by atoms with Crippen LogP contribution in [0.5, 0.6) is 0 Å². The van der Waals surface area contributed by atoms with Crippen molar-refractivity contribution in [2.75, 3.05) is 13.1 Å². The van der Waals surface area contributed by atoms with Gasteiger partial charge in [0.25, 0.3) is 5.91 Å². The fraction of sp³-hybridized carbons (Fsp3) is 0.500. The Hall–Kier alpha value is -1.78. The van der Waals surface area contributed by atoms with Gasteiger partial charge in [-0.2, -0.15) is 0 Å². The standard InChI is InChI=1S/C12H17NO4/c1-4-9-8(3)6-10(17-9)12(16)13(5-2)7-11(14)15/h6H,4-5,7H2,1-3H3,(H,14,15). The molecule has 0 unspecified atom stereocenters. The Labute approximate surface area is 100 Å². The van der Waals surface area contributed by atoms with Gasteiger partial charge in [-0.05, 0) is 25.5 Å². The average Bonchev–Trinajstić information content (AvgIpc) is 2.66. The summed E-state index contributed by atoms with van der Waals surface area (Å²) in [5.41, 5.74) is 0.919. The van der Waals surface area contributed by atoms with Gasteiger partial charge in [-0.25, -0.2) is 0 Å². The summed E-state index contributed by atoms with van der Waals surface area (Å²) in [5, 5.41) is 8.69. The number of carbonyl (C=O) groups excluding carboxylic acids is 1. The molecule has 1 aromatic rings. The second-order valence-electron chi connectivity index (χ2n) is 3.78. The first-order valence-corrected chi connectivity index (χ1v) is 5.59. The van der Waals surface area contributed by atoms with Crippen LogP contribution in [0.15, 0.2) is 10.5 Å². The quantitative estimate of drug-likeness (QED) is 0.848. The van der Waals surface area contributed by atoms with Gasteiger partial charge in [0.05, 0.1) is 0 Å². The molecular weight excluding hydrogens is 222 g/mol. The zero-order valence-electron chi connectivity index (χ0n) is 10.3. The Morgan fingerprint density at radius 3 is 2.47 bits per heavy atom. The molecule has 0 aliphatic rings. The van der Waals surface area contributed by atoms with Crippen molar-refractivity contribution in [2.24, 2.45) is 0 Å². The summed E-state index contributed by atoms with van der Waals surface area (Å²) in [6, 6.07) is 1.66. The van der Waals surface area contributed by atoms with E-state index in [9.17, 15) is 9.59 Å². The number of amides is 1. The molecule has 0 aliphatic carbocycles. The zero-order chi connectivity index (χ0) is 13.0. The molecular formula is C12H17NO4. The molecule has 0 aromatic carbocycles. The first-order chi connectivity index (χ1) is 7.99. The Bertz CT molecular complexity index is 422. The highest BCUT2D eigenvalue weighted by Crippen LogP contribution is 2.16. The lowest BCUT2D eigenvalue weighted by Gasteiger charge is -2.16. The molecule has 1 heterocycles. The maximum Gasteiger partial charge on any atom is 0.323 e. The zero-order valence-corrected chi connectivity index (χ0v) is 10.3. The van der Waals surface area contributed by atoms with Crippen molar-refractivity contribution >= 4 is 11.9 Å². The number of likely N-dealkylation sites (N-methyl/N-ethyl adjacent to an activating group) is 1. The number of hydrogen-bond acceptors (Lipinski definition) is 3. The predicted octanol–water partition coefficient (Wildman–Crippen LogP) is 1.70. The van der Waals surface area contributed by atoms with Crippen molar-refractivity contribution in [1.29, 1.82) is 0 Å². The Balaban J connectivity index is 2.89. The van der Waals surface area contributed by atoms with E-state index in [4.69, 9.17) is 9.52 Å². The minimum absolute atomic E-state index is 0.211. The molecule has 0 radical (unpaired) electrons. The van der Waals surface area contributed by atoms with Gasteiger partial charge in [0.15, 0.2) is 5.76 Å². The van der Waals surface area contributed by atoms with Crippen molar-refractivity contribution in [1.82, 2.24) is 4.90 Å². The van der Waals surface area contributed by atoms with E-state index in [0.29, 0.717) is 13.0 Å². The van der Waals surface area contributed by atoms with Gasteiger partial charge >= 0.3 is 5.97 Å². The Morgan fingerprint density at radius 1 is 1.41 bits per heavy atom. The molecule has 0 bridgehead atoms. The molecule has 94 valence electrons. The van der Waals surface area contributed by atoms with Crippen molar-refractivity contribution in [3.8, 4) is 0 Å². The third-order valence-corrected chi connectivity index (χ3v) is 2.55. The SMILES string of the molecule is CCc1oc(C(=O)N(CC)CC(=O)O)cc1C. The molecule has 0 fully saturated rings. The number of carboxylic acids is 1. The second kappa shape index (κ2) is 5.52. The van der Waals surface area contributed by atoms with E-state index in [2.05, 4.69) is 0 Å².